The highest BCUT2D eigenvalue weighted by atomic mass is 16.4. The second-order valence-corrected chi connectivity index (χ2v) is 5.43. The van der Waals surface area contributed by atoms with Gasteiger partial charge in [-0.05, 0) is 50.2 Å². The third-order valence-corrected chi connectivity index (χ3v) is 3.97. The summed E-state index contributed by atoms with van der Waals surface area (Å²) in [5.74, 6) is -0.682. The highest BCUT2D eigenvalue weighted by Gasteiger charge is 2.26. The van der Waals surface area contributed by atoms with Crippen molar-refractivity contribution in [1.82, 2.24) is 10.3 Å². The molecule has 1 saturated carbocycles. The predicted molar refractivity (Wildman–Crippen MR) is 74.4 cm³/mol. The largest absolute Gasteiger partial charge is 0.481 e. The van der Waals surface area contributed by atoms with Gasteiger partial charge in [0, 0.05) is 12.7 Å². The second kappa shape index (κ2) is 6.50. The number of aryl methyl sites for hydroxylation is 1. The molecule has 0 atom stereocenters. The molecule has 108 valence electrons. The Balaban J connectivity index is 1.80. The molecule has 1 amide bonds. The lowest BCUT2D eigenvalue weighted by Gasteiger charge is -2.26. The van der Waals surface area contributed by atoms with E-state index in [1.807, 2.05) is 13.0 Å². The first-order valence-corrected chi connectivity index (χ1v) is 7.00. The van der Waals surface area contributed by atoms with E-state index < -0.39 is 5.97 Å². The maximum atomic E-state index is 12.0. The number of nitrogens with one attached hydrogen (secondary N) is 1. The molecule has 1 aliphatic carbocycles. The summed E-state index contributed by atoms with van der Waals surface area (Å²) in [5, 5.41) is 11.8. The zero-order chi connectivity index (χ0) is 14.5. The summed E-state index contributed by atoms with van der Waals surface area (Å²) in [6.07, 6.45) is 4.74. The summed E-state index contributed by atoms with van der Waals surface area (Å²) in [6, 6.07) is 3.67. The van der Waals surface area contributed by atoms with Crippen LogP contribution in [-0.4, -0.2) is 28.5 Å². The van der Waals surface area contributed by atoms with Gasteiger partial charge in [-0.1, -0.05) is 6.07 Å². The summed E-state index contributed by atoms with van der Waals surface area (Å²) in [6.45, 7) is 2.46. The molecule has 1 fully saturated rings. The van der Waals surface area contributed by atoms with Crippen molar-refractivity contribution in [3.63, 3.8) is 0 Å². The van der Waals surface area contributed by atoms with E-state index in [2.05, 4.69) is 10.3 Å². The second-order valence-electron chi connectivity index (χ2n) is 5.43. The van der Waals surface area contributed by atoms with Crippen molar-refractivity contribution in [2.45, 2.75) is 32.6 Å². The highest BCUT2D eigenvalue weighted by Crippen LogP contribution is 2.28. The van der Waals surface area contributed by atoms with Crippen LogP contribution in [-0.2, 0) is 4.79 Å². The van der Waals surface area contributed by atoms with Crippen LogP contribution in [0.2, 0.25) is 0 Å². The molecule has 0 aliphatic heterocycles. The number of nitrogens with zero attached hydrogens (tertiary/aromatic N) is 1. The summed E-state index contributed by atoms with van der Waals surface area (Å²) >= 11 is 0. The van der Waals surface area contributed by atoms with Crippen molar-refractivity contribution < 1.29 is 14.7 Å². The van der Waals surface area contributed by atoms with Gasteiger partial charge in [0.1, 0.15) is 5.69 Å². The summed E-state index contributed by atoms with van der Waals surface area (Å²) in [4.78, 5) is 27.0. The molecule has 0 bridgehead atoms. The molecule has 1 aromatic heterocycles. The van der Waals surface area contributed by atoms with Gasteiger partial charge in [0.2, 0.25) is 0 Å². The maximum Gasteiger partial charge on any atom is 0.306 e. The summed E-state index contributed by atoms with van der Waals surface area (Å²) in [7, 11) is 0. The van der Waals surface area contributed by atoms with Crippen LogP contribution in [0, 0.1) is 18.8 Å². The molecule has 5 heteroatoms. The first-order valence-electron chi connectivity index (χ1n) is 7.00. The minimum absolute atomic E-state index is 0.150. The smallest absolute Gasteiger partial charge is 0.306 e. The third kappa shape index (κ3) is 3.56. The first kappa shape index (κ1) is 14.5. The van der Waals surface area contributed by atoms with Crippen LogP contribution >= 0.6 is 0 Å². The zero-order valence-corrected chi connectivity index (χ0v) is 11.6. The van der Waals surface area contributed by atoms with Crippen LogP contribution in [0.1, 0.15) is 41.7 Å². The number of carbonyl (C=O) groups excluding carboxylic acids is 1. The van der Waals surface area contributed by atoms with Crippen molar-refractivity contribution in [1.29, 1.82) is 0 Å². The van der Waals surface area contributed by atoms with Crippen LogP contribution in [0.15, 0.2) is 18.3 Å². The number of aliphatic carboxylic acids is 1. The van der Waals surface area contributed by atoms with Crippen LogP contribution in [0.3, 0.4) is 0 Å². The number of hydrogen-bond donors (Lipinski definition) is 2. The Morgan fingerprint density at radius 3 is 2.65 bits per heavy atom. The average molecular weight is 276 g/mol. The highest BCUT2D eigenvalue weighted by molar-refractivity contribution is 5.93. The van der Waals surface area contributed by atoms with Crippen molar-refractivity contribution in [2.75, 3.05) is 6.54 Å². The zero-order valence-electron chi connectivity index (χ0n) is 11.6. The molecule has 2 rings (SSSR count). The predicted octanol–water partition coefficient (Wildman–Crippen LogP) is 2.01. The van der Waals surface area contributed by atoms with Gasteiger partial charge in [-0.15, -0.1) is 0 Å². The van der Waals surface area contributed by atoms with Gasteiger partial charge in [0.25, 0.3) is 5.91 Å². The normalized spacial score (nSPS) is 22.2. The molecule has 0 saturated heterocycles. The van der Waals surface area contributed by atoms with Gasteiger partial charge in [0.05, 0.1) is 5.92 Å². The molecular formula is C15H20N2O3. The number of pyridine rings is 1. The molecule has 0 unspecified atom stereocenters. The topological polar surface area (TPSA) is 79.3 Å². The molecule has 0 spiro atoms. The lowest BCUT2D eigenvalue weighted by Crippen LogP contribution is -2.33. The Morgan fingerprint density at radius 2 is 2.05 bits per heavy atom. The number of aromatic nitrogens is 1. The van der Waals surface area contributed by atoms with Crippen molar-refractivity contribution in [3.8, 4) is 0 Å². The van der Waals surface area contributed by atoms with Crippen LogP contribution in [0.4, 0.5) is 0 Å². The van der Waals surface area contributed by atoms with Crippen molar-refractivity contribution >= 4 is 11.9 Å². The molecule has 2 N–H and O–H groups in total. The number of rotatable bonds is 4. The van der Waals surface area contributed by atoms with E-state index in [4.69, 9.17) is 5.11 Å². The first-order chi connectivity index (χ1) is 9.58. The Morgan fingerprint density at radius 1 is 1.35 bits per heavy atom. The minimum Gasteiger partial charge on any atom is -0.481 e. The number of hydrogen-bond acceptors (Lipinski definition) is 3. The molecule has 1 aliphatic rings. The van der Waals surface area contributed by atoms with Gasteiger partial charge in [-0.2, -0.15) is 0 Å². The van der Waals surface area contributed by atoms with E-state index in [-0.39, 0.29) is 11.8 Å². The fraction of sp³-hybridized carbons (Fsp3) is 0.533. The molecular weight excluding hydrogens is 256 g/mol. The van der Waals surface area contributed by atoms with Gasteiger partial charge in [0.15, 0.2) is 0 Å². The van der Waals surface area contributed by atoms with E-state index in [1.54, 1.807) is 12.3 Å². The van der Waals surface area contributed by atoms with Crippen LogP contribution < -0.4 is 5.32 Å². The van der Waals surface area contributed by atoms with E-state index in [1.165, 1.54) is 0 Å². The van der Waals surface area contributed by atoms with Crippen LogP contribution in [0.25, 0.3) is 0 Å². The minimum atomic E-state index is -0.698. The third-order valence-electron chi connectivity index (χ3n) is 3.97. The van der Waals surface area contributed by atoms with Crippen LogP contribution in [0.5, 0.6) is 0 Å². The summed E-state index contributed by atoms with van der Waals surface area (Å²) in [5.41, 5.74) is 1.33. The molecule has 1 aromatic rings. The Bertz CT molecular complexity index is 494. The van der Waals surface area contributed by atoms with E-state index in [0.29, 0.717) is 31.0 Å². The van der Waals surface area contributed by atoms with Gasteiger partial charge < -0.3 is 10.4 Å². The monoisotopic (exact) mass is 276 g/mol. The number of carbonyl (C=O) groups is 2. The van der Waals surface area contributed by atoms with Crippen molar-refractivity contribution in [2.24, 2.45) is 11.8 Å². The van der Waals surface area contributed by atoms with E-state index >= 15 is 0 Å². The standard InChI is InChI=1S/C15H20N2O3/c1-10-3-2-8-16-13(10)14(18)17-9-11-4-6-12(7-5-11)15(19)20/h2-3,8,11-12H,4-7,9H2,1H3,(H,17,18)(H,19,20). The Labute approximate surface area is 118 Å². The Kier molecular flexibility index (Phi) is 4.71. The summed E-state index contributed by atoms with van der Waals surface area (Å²) < 4.78 is 0. The van der Waals surface area contributed by atoms with Gasteiger partial charge in [-0.3, -0.25) is 14.6 Å². The lowest BCUT2D eigenvalue weighted by molar-refractivity contribution is -0.143. The molecule has 1 heterocycles. The van der Waals surface area contributed by atoms with Gasteiger partial charge in [-0.25, -0.2) is 0 Å². The number of carboxylic acids is 1. The fourth-order valence-corrected chi connectivity index (χ4v) is 2.66. The molecule has 5 nitrogen and oxygen atoms in total. The Hall–Kier alpha value is -1.91. The number of carboxylic acid groups (broad SMARTS) is 1. The number of amides is 1. The van der Waals surface area contributed by atoms with E-state index in [9.17, 15) is 9.59 Å². The fourth-order valence-electron chi connectivity index (χ4n) is 2.66. The van der Waals surface area contributed by atoms with E-state index in [0.717, 1.165) is 18.4 Å². The quantitative estimate of drug-likeness (QED) is 0.881. The van der Waals surface area contributed by atoms with Crippen molar-refractivity contribution in [3.05, 3.63) is 29.6 Å². The molecule has 0 radical (unpaired) electrons. The maximum absolute atomic E-state index is 12.0. The lowest BCUT2D eigenvalue weighted by atomic mass is 9.82. The van der Waals surface area contributed by atoms with Gasteiger partial charge >= 0.3 is 5.97 Å². The SMILES string of the molecule is Cc1cccnc1C(=O)NCC1CCC(C(=O)O)CC1. The molecule has 20 heavy (non-hydrogen) atoms. The molecule has 0 aromatic carbocycles. The average Bonchev–Trinajstić information content (AvgIpc) is 2.45.